The minimum Gasteiger partial charge on any atom is -0.340 e. The second kappa shape index (κ2) is 7.90. The van der Waals surface area contributed by atoms with Crippen LogP contribution in [0.25, 0.3) is 10.6 Å². The van der Waals surface area contributed by atoms with Crippen molar-refractivity contribution in [1.82, 2.24) is 14.8 Å². The highest BCUT2D eigenvalue weighted by atomic mass is 32.1. The number of nitrogens with zero attached hydrogens (tertiary/aromatic N) is 3. The highest BCUT2D eigenvalue weighted by molar-refractivity contribution is 7.13. The van der Waals surface area contributed by atoms with E-state index in [0.29, 0.717) is 5.91 Å². The minimum atomic E-state index is 0.142. The first-order valence-corrected chi connectivity index (χ1v) is 9.56. The van der Waals surface area contributed by atoms with Crippen LogP contribution in [0, 0.1) is 5.92 Å². The number of carbonyl (C=O) groups excluding carboxylic acids is 1. The molecule has 24 heavy (non-hydrogen) atoms. The van der Waals surface area contributed by atoms with Gasteiger partial charge in [-0.05, 0) is 6.42 Å². The lowest BCUT2D eigenvalue weighted by molar-refractivity contribution is -0.136. The molecular formula is C19H25N3OS. The molecule has 2 heterocycles. The molecule has 0 aliphatic carbocycles. The molecule has 5 heteroatoms. The van der Waals surface area contributed by atoms with Gasteiger partial charge in [0, 0.05) is 49.6 Å². The van der Waals surface area contributed by atoms with Crippen LogP contribution in [-0.4, -0.2) is 46.9 Å². The van der Waals surface area contributed by atoms with Gasteiger partial charge in [0.05, 0.1) is 5.69 Å². The Morgan fingerprint density at radius 1 is 1.21 bits per heavy atom. The van der Waals surface area contributed by atoms with Gasteiger partial charge in [0.15, 0.2) is 0 Å². The normalized spacial score (nSPS) is 17.0. The number of piperazine rings is 1. The predicted octanol–water partition coefficient (Wildman–Crippen LogP) is 3.50. The molecule has 3 rings (SSSR count). The number of benzene rings is 1. The Bertz CT molecular complexity index is 662. The van der Waals surface area contributed by atoms with Crippen molar-refractivity contribution in [2.45, 2.75) is 26.8 Å². The van der Waals surface area contributed by atoms with Gasteiger partial charge in [0.1, 0.15) is 5.01 Å². The second-order valence-electron chi connectivity index (χ2n) is 6.42. The summed E-state index contributed by atoms with van der Waals surface area (Å²) in [6.45, 7) is 8.49. The van der Waals surface area contributed by atoms with Gasteiger partial charge in [-0.2, -0.15) is 0 Å². The van der Waals surface area contributed by atoms with Gasteiger partial charge >= 0.3 is 0 Å². The standard InChI is InChI=1S/C19H25N3OS/c1-3-15(2)19(23)22-11-9-21(10-12-22)13-17-14-24-18(20-17)16-7-5-4-6-8-16/h4-8,14-15H,3,9-13H2,1-2H3. The van der Waals surface area contributed by atoms with Gasteiger partial charge in [-0.3, -0.25) is 9.69 Å². The molecule has 1 aliphatic rings. The molecule has 1 unspecified atom stereocenters. The van der Waals surface area contributed by atoms with Crippen molar-refractivity contribution in [1.29, 1.82) is 0 Å². The third kappa shape index (κ3) is 4.02. The predicted molar refractivity (Wildman–Crippen MR) is 98.9 cm³/mol. The number of hydrogen-bond acceptors (Lipinski definition) is 4. The summed E-state index contributed by atoms with van der Waals surface area (Å²) in [5, 5.41) is 3.23. The van der Waals surface area contributed by atoms with E-state index in [1.807, 2.05) is 30.0 Å². The Labute approximate surface area is 148 Å². The highest BCUT2D eigenvalue weighted by Gasteiger charge is 2.24. The Morgan fingerprint density at radius 3 is 2.58 bits per heavy atom. The molecule has 4 nitrogen and oxygen atoms in total. The molecule has 0 radical (unpaired) electrons. The third-order valence-corrected chi connectivity index (χ3v) is 5.62. The summed E-state index contributed by atoms with van der Waals surface area (Å²) in [5.74, 6) is 0.445. The number of aromatic nitrogens is 1. The highest BCUT2D eigenvalue weighted by Crippen LogP contribution is 2.24. The van der Waals surface area contributed by atoms with Gasteiger partial charge in [-0.1, -0.05) is 44.2 Å². The molecular weight excluding hydrogens is 318 g/mol. The van der Waals surface area contributed by atoms with Crippen LogP contribution in [-0.2, 0) is 11.3 Å². The third-order valence-electron chi connectivity index (χ3n) is 4.68. The van der Waals surface area contributed by atoms with Crippen molar-refractivity contribution in [2.24, 2.45) is 5.92 Å². The van der Waals surface area contributed by atoms with Crippen LogP contribution in [0.1, 0.15) is 26.0 Å². The molecule has 1 atom stereocenters. The van der Waals surface area contributed by atoms with Crippen LogP contribution in [0.3, 0.4) is 0 Å². The second-order valence-corrected chi connectivity index (χ2v) is 7.28. The van der Waals surface area contributed by atoms with Gasteiger partial charge < -0.3 is 4.90 Å². The van der Waals surface area contributed by atoms with Crippen LogP contribution >= 0.6 is 11.3 Å². The van der Waals surface area contributed by atoms with Crippen LogP contribution in [0.5, 0.6) is 0 Å². The number of carbonyl (C=O) groups is 1. The number of amides is 1. The van der Waals surface area contributed by atoms with E-state index >= 15 is 0 Å². The molecule has 128 valence electrons. The Morgan fingerprint density at radius 2 is 1.92 bits per heavy atom. The van der Waals surface area contributed by atoms with Gasteiger partial charge in [-0.15, -0.1) is 11.3 Å². The lowest BCUT2D eigenvalue weighted by Gasteiger charge is -2.35. The zero-order valence-corrected chi connectivity index (χ0v) is 15.3. The van der Waals surface area contributed by atoms with Crippen LogP contribution in [0.4, 0.5) is 0 Å². The fourth-order valence-corrected chi connectivity index (χ4v) is 3.75. The SMILES string of the molecule is CCC(C)C(=O)N1CCN(Cc2csc(-c3ccccc3)n2)CC1. The maximum Gasteiger partial charge on any atom is 0.225 e. The fraction of sp³-hybridized carbons (Fsp3) is 0.474. The van der Waals surface area contributed by atoms with E-state index in [1.165, 1.54) is 5.56 Å². The molecule has 1 aromatic carbocycles. The first kappa shape index (κ1) is 17.1. The lowest BCUT2D eigenvalue weighted by Crippen LogP contribution is -2.49. The monoisotopic (exact) mass is 343 g/mol. The minimum absolute atomic E-state index is 0.142. The van der Waals surface area contributed by atoms with E-state index in [-0.39, 0.29) is 5.92 Å². The van der Waals surface area contributed by atoms with Crippen LogP contribution < -0.4 is 0 Å². The van der Waals surface area contributed by atoms with E-state index < -0.39 is 0 Å². The van der Waals surface area contributed by atoms with Gasteiger partial charge in [-0.25, -0.2) is 4.98 Å². The van der Waals surface area contributed by atoms with Crippen molar-refractivity contribution < 1.29 is 4.79 Å². The summed E-state index contributed by atoms with van der Waals surface area (Å²) in [7, 11) is 0. The lowest BCUT2D eigenvalue weighted by atomic mass is 10.1. The molecule has 0 bridgehead atoms. The molecule has 1 amide bonds. The molecule has 1 saturated heterocycles. The molecule has 0 spiro atoms. The van der Waals surface area contributed by atoms with Crippen molar-refractivity contribution >= 4 is 17.2 Å². The Balaban J connectivity index is 1.54. The first-order valence-electron chi connectivity index (χ1n) is 8.68. The number of hydrogen-bond donors (Lipinski definition) is 0. The Kier molecular flexibility index (Phi) is 5.63. The summed E-state index contributed by atoms with van der Waals surface area (Å²) in [4.78, 5) is 21.4. The summed E-state index contributed by atoms with van der Waals surface area (Å²) in [6.07, 6.45) is 0.917. The summed E-state index contributed by atoms with van der Waals surface area (Å²) in [6, 6.07) is 10.3. The topological polar surface area (TPSA) is 36.4 Å². The summed E-state index contributed by atoms with van der Waals surface area (Å²) >= 11 is 1.70. The zero-order chi connectivity index (χ0) is 16.9. The molecule has 1 aliphatic heterocycles. The van der Waals surface area contributed by atoms with E-state index in [4.69, 9.17) is 4.98 Å². The smallest absolute Gasteiger partial charge is 0.225 e. The van der Waals surface area contributed by atoms with Gasteiger partial charge in [0.2, 0.25) is 5.91 Å². The van der Waals surface area contributed by atoms with Crippen molar-refractivity contribution in [2.75, 3.05) is 26.2 Å². The molecule has 1 aromatic heterocycles. The first-order chi connectivity index (χ1) is 11.7. The van der Waals surface area contributed by atoms with E-state index in [2.05, 4.69) is 29.3 Å². The molecule has 0 N–H and O–H groups in total. The average Bonchev–Trinajstić information content (AvgIpc) is 3.10. The van der Waals surface area contributed by atoms with Crippen LogP contribution in [0.15, 0.2) is 35.7 Å². The summed E-state index contributed by atoms with van der Waals surface area (Å²) in [5.41, 5.74) is 2.30. The number of thiazole rings is 1. The zero-order valence-electron chi connectivity index (χ0n) is 14.4. The largest absolute Gasteiger partial charge is 0.340 e. The van der Waals surface area contributed by atoms with Crippen LogP contribution in [0.2, 0.25) is 0 Å². The Hall–Kier alpha value is -1.72. The maximum absolute atomic E-state index is 12.3. The molecule has 1 fully saturated rings. The summed E-state index contributed by atoms with van der Waals surface area (Å²) < 4.78 is 0. The van der Waals surface area contributed by atoms with Crippen molar-refractivity contribution in [3.8, 4) is 10.6 Å². The fourth-order valence-electron chi connectivity index (χ4n) is 2.93. The van der Waals surface area contributed by atoms with E-state index in [9.17, 15) is 4.79 Å². The average molecular weight is 343 g/mol. The maximum atomic E-state index is 12.3. The number of rotatable bonds is 5. The van der Waals surface area contributed by atoms with Crippen molar-refractivity contribution in [3.05, 3.63) is 41.4 Å². The van der Waals surface area contributed by atoms with E-state index in [0.717, 1.165) is 49.8 Å². The molecule has 0 saturated carbocycles. The molecule has 2 aromatic rings. The quantitative estimate of drug-likeness (QED) is 0.834. The van der Waals surface area contributed by atoms with E-state index in [1.54, 1.807) is 11.3 Å². The van der Waals surface area contributed by atoms with Crippen molar-refractivity contribution in [3.63, 3.8) is 0 Å². The van der Waals surface area contributed by atoms with Gasteiger partial charge in [0.25, 0.3) is 0 Å².